The number of alkyl halides is 6. The van der Waals surface area contributed by atoms with Crippen LogP contribution in [-0.4, -0.2) is 43.6 Å². The number of pyridine rings is 1. The first-order chi connectivity index (χ1) is 20.0. The number of carboxylic acids is 1. The van der Waals surface area contributed by atoms with E-state index in [1.165, 1.54) is 30.3 Å². The molecule has 0 bridgehead atoms. The lowest BCUT2D eigenvalue weighted by Gasteiger charge is -2.14. The molecule has 2 heterocycles. The lowest BCUT2D eigenvalue weighted by molar-refractivity contribution is -0.143. The molecule has 16 heteroatoms. The Kier molecular flexibility index (Phi) is 8.92. The summed E-state index contributed by atoms with van der Waals surface area (Å²) in [5.74, 6) is -3.79. The van der Waals surface area contributed by atoms with E-state index in [4.69, 9.17) is 17.3 Å². The summed E-state index contributed by atoms with van der Waals surface area (Å²) in [6, 6.07) is 8.04. The summed E-state index contributed by atoms with van der Waals surface area (Å²) < 4.78 is 93.6. The van der Waals surface area contributed by atoms with E-state index in [0.29, 0.717) is 12.1 Å². The molecule has 0 spiro atoms. The summed E-state index contributed by atoms with van der Waals surface area (Å²) >= 11 is 6.05. The fourth-order valence-corrected chi connectivity index (χ4v) is 5.12. The summed E-state index contributed by atoms with van der Waals surface area (Å²) in [4.78, 5) is 41.4. The van der Waals surface area contributed by atoms with E-state index < -0.39 is 58.2 Å². The number of amides is 2. The summed E-state index contributed by atoms with van der Waals surface area (Å²) in [7, 11) is 0. The van der Waals surface area contributed by atoms with Crippen LogP contribution in [-0.2, 0) is 21.9 Å². The smallest absolute Gasteiger partial charge is 0.416 e. The zero-order valence-electron chi connectivity index (χ0n) is 21.2. The number of anilines is 1. The molecular weight excluding hydrogens is 627 g/mol. The minimum Gasteiger partial charge on any atom is -0.478 e. The Morgan fingerprint density at radius 2 is 1.65 bits per heavy atom. The van der Waals surface area contributed by atoms with Crippen molar-refractivity contribution in [2.75, 3.05) is 11.9 Å². The number of hydrogen-bond donors (Lipinski definition) is 2. The lowest BCUT2D eigenvalue weighted by atomic mass is 10.0. The van der Waals surface area contributed by atoms with E-state index in [0.717, 1.165) is 28.8 Å². The monoisotopic (exact) mass is 643 g/mol. The second kappa shape index (κ2) is 12.1. The Balaban J connectivity index is 1.49. The quantitative estimate of drug-likeness (QED) is 0.165. The highest BCUT2D eigenvalue weighted by Crippen LogP contribution is 2.39. The van der Waals surface area contributed by atoms with Gasteiger partial charge in [0, 0.05) is 24.2 Å². The van der Waals surface area contributed by atoms with Crippen LogP contribution in [0.15, 0.2) is 59.5 Å². The molecule has 1 aliphatic heterocycles. The average molecular weight is 644 g/mol. The Morgan fingerprint density at radius 1 is 1.00 bits per heavy atom. The number of nitrogens with one attached hydrogen (secondary N) is 1. The van der Waals surface area contributed by atoms with Crippen molar-refractivity contribution in [3.63, 3.8) is 0 Å². The topological polar surface area (TPSA) is 99.6 Å². The Hall–Kier alpha value is -4.31. The molecule has 4 rings (SSSR count). The van der Waals surface area contributed by atoms with Crippen LogP contribution >= 0.6 is 24.0 Å². The van der Waals surface area contributed by atoms with Gasteiger partial charge in [-0.1, -0.05) is 30.0 Å². The van der Waals surface area contributed by atoms with Crippen LogP contribution in [0.5, 0.6) is 0 Å². The van der Waals surface area contributed by atoms with Crippen LogP contribution in [0, 0.1) is 5.82 Å². The standard InChI is InChI=1S/C27H16F7N3O4S2/c28-19-11-17(4-5-18(19)24(40)41)36-22(38)6-7-37-23(39)21(43-25(37)42)12-16-2-1-3-20(35-16)13-8-14(26(29,30)31)10-15(9-13)27(32,33)34/h1-5,8-12H,6-7H2,(H,36,38)(H,40,41)/b21-12-. The number of aromatic nitrogens is 1. The number of benzene rings is 2. The van der Waals surface area contributed by atoms with Crippen LogP contribution < -0.4 is 5.32 Å². The van der Waals surface area contributed by atoms with Crippen molar-refractivity contribution >= 4 is 57.8 Å². The number of rotatable bonds is 7. The molecular formula is C27H16F7N3O4S2. The molecule has 1 aromatic heterocycles. The number of carbonyl (C=O) groups excluding carboxylic acids is 2. The molecule has 3 aromatic rings. The normalized spacial score (nSPS) is 14.9. The van der Waals surface area contributed by atoms with Crippen LogP contribution in [0.3, 0.4) is 0 Å². The van der Waals surface area contributed by atoms with E-state index in [-0.39, 0.29) is 45.3 Å². The molecule has 2 amide bonds. The Bertz CT molecular complexity index is 1640. The molecule has 0 atom stereocenters. The van der Waals surface area contributed by atoms with Gasteiger partial charge in [-0.2, -0.15) is 26.3 Å². The molecule has 0 radical (unpaired) electrons. The van der Waals surface area contributed by atoms with Gasteiger partial charge in [-0.3, -0.25) is 14.5 Å². The van der Waals surface area contributed by atoms with E-state index >= 15 is 0 Å². The predicted molar refractivity (Wildman–Crippen MR) is 146 cm³/mol. The van der Waals surface area contributed by atoms with Crippen molar-refractivity contribution in [1.29, 1.82) is 0 Å². The molecule has 1 fully saturated rings. The number of carboxylic acid groups (broad SMARTS) is 1. The molecule has 0 saturated carbocycles. The van der Waals surface area contributed by atoms with Gasteiger partial charge in [0.1, 0.15) is 10.1 Å². The van der Waals surface area contributed by atoms with Crippen molar-refractivity contribution in [1.82, 2.24) is 9.88 Å². The second-order valence-electron chi connectivity index (χ2n) is 8.87. The van der Waals surface area contributed by atoms with Gasteiger partial charge in [0.2, 0.25) is 5.91 Å². The van der Waals surface area contributed by atoms with Crippen molar-refractivity contribution in [3.8, 4) is 11.3 Å². The second-order valence-corrected chi connectivity index (χ2v) is 10.5. The van der Waals surface area contributed by atoms with Gasteiger partial charge in [-0.05, 0) is 54.6 Å². The van der Waals surface area contributed by atoms with Crippen LogP contribution in [0.4, 0.5) is 36.4 Å². The highest BCUT2D eigenvalue weighted by molar-refractivity contribution is 8.26. The fraction of sp³-hybridized carbons (Fsp3) is 0.148. The number of aromatic carboxylic acids is 1. The van der Waals surface area contributed by atoms with Crippen molar-refractivity contribution < 1.29 is 50.2 Å². The molecule has 2 aromatic carbocycles. The molecule has 1 saturated heterocycles. The summed E-state index contributed by atoms with van der Waals surface area (Å²) in [5.41, 5.74) is -4.18. The third kappa shape index (κ3) is 7.56. The molecule has 2 N–H and O–H groups in total. The number of hydrogen-bond acceptors (Lipinski definition) is 6. The molecule has 0 aliphatic carbocycles. The van der Waals surface area contributed by atoms with E-state index in [1.807, 2.05) is 0 Å². The summed E-state index contributed by atoms with van der Waals surface area (Å²) in [6.07, 6.45) is -9.10. The van der Waals surface area contributed by atoms with Gasteiger partial charge in [0.15, 0.2) is 0 Å². The van der Waals surface area contributed by atoms with Crippen LogP contribution in [0.25, 0.3) is 17.3 Å². The molecule has 43 heavy (non-hydrogen) atoms. The van der Waals surface area contributed by atoms with Gasteiger partial charge in [0.05, 0.1) is 33.0 Å². The number of carbonyl (C=O) groups is 3. The van der Waals surface area contributed by atoms with Gasteiger partial charge >= 0.3 is 18.3 Å². The minimum atomic E-state index is -5.04. The maximum atomic E-state index is 13.9. The lowest BCUT2D eigenvalue weighted by Crippen LogP contribution is -2.31. The Labute approximate surface area is 247 Å². The SMILES string of the molecule is O=C(CCN1C(=O)/C(=C/c2cccc(-c3cc(C(F)(F)F)cc(C(F)(F)F)c3)n2)SC1=S)Nc1ccc(C(=O)O)c(F)c1. The van der Waals surface area contributed by atoms with Gasteiger partial charge in [0.25, 0.3) is 5.91 Å². The average Bonchev–Trinajstić information content (AvgIpc) is 3.17. The molecule has 0 unspecified atom stereocenters. The highest BCUT2D eigenvalue weighted by Gasteiger charge is 2.37. The van der Waals surface area contributed by atoms with E-state index in [9.17, 15) is 45.1 Å². The van der Waals surface area contributed by atoms with Gasteiger partial charge in [-0.15, -0.1) is 0 Å². The number of halogens is 7. The summed E-state index contributed by atoms with van der Waals surface area (Å²) in [5, 5.41) is 11.3. The largest absolute Gasteiger partial charge is 0.478 e. The summed E-state index contributed by atoms with van der Waals surface area (Å²) in [6.45, 7) is -0.179. The van der Waals surface area contributed by atoms with Crippen LogP contribution in [0.1, 0.15) is 33.6 Å². The van der Waals surface area contributed by atoms with Crippen molar-refractivity contribution in [2.45, 2.75) is 18.8 Å². The molecule has 7 nitrogen and oxygen atoms in total. The maximum absolute atomic E-state index is 13.9. The Morgan fingerprint density at radius 3 is 2.23 bits per heavy atom. The van der Waals surface area contributed by atoms with Gasteiger partial charge < -0.3 is 10.4 Å². The first-order valence-electron chi connectivity index (χ1n) is 11.9. The zero-order chi connectivity index (χ0) is 31.7. The zero-order valence-corrected chi connectivity index (χ0v) is 22.8. The first kappa shape index (κ1) is 31.6. The van der Waals surface area contributed by atoms with Crippen LogP contribution in [0.2, 0.25) is 0 Å². The highest BCUT2D eigenvalue weighted by atomic mass is 32.2. The predicted octanol–water partition coefficient (Wildman–Crippen LogP) is 6.85. The molecule has 224 valence electrons. The maximum Gasteiger partial charge on any atom is 0.416 e. The van der Waals surface area contributed by atoms with Crippen molar-refractivity contribution in [2.24, 2.45) is 0 Å². The van der Waals surface area contributed by atoms with E-state index in [2.05, 4.69) is 10.3 Å². The first-order valence-corrected chi connectivity index (χ1v) is 13.1. The van der Waals surface area contributed by atoms with Crippen molar-refractivity contribution in [3.05, 3.63) is 87.7 Å². The number of thioether (sulfide) groups is 1. The molecule has 1 aliphatic rings. The minimum absolute atomic E-state index is 0.00624. The number of thiocarbonyl (C=S) groups is 1. The van der Waals surface area contributed by atoms with E-state index in [1.54, 1.807) is 0 Å². The van der Waals surface area contributed by atoms with Gasteiger partial charge in [-0.25, -0.2) is 14.2 Å². The third-order valence-corrected chi connectivity index (χ3v) is 7.23. The third-order valence-electron chi connectivity index (χ3n) is 5.85. The number of nitrogens with zero attached hydrogens (tertiary/aromatic N) is 2. The fourth-order valence-electron chi connectivity index (χ4n) is 3.83.